The number of nitrogens with zero attached hydrogens (tertiary/aromatic N) is 9. The van der Waals surface area contributed by atoms with Gasteiger partial charge in [0.1, 0.15) is 16.7 Å². The summed E-state index contributed by atoms with van der Waals surface area (Å²) in [5.74, 6) is -0.107. The zero-order valence-corrected chi connectivity index (χ0v) is 36.1. The van der Waals surface area contributed by atoms with Crippen LogP contribution in [0.25, 0.3) is 27.8 Å². The van der Waals surface area contributed by atoms with Gasteiger partial charge in [-0.2, -0.15) is 4.98 Å². The molecule has 1 aliphatic carbocycles. The van der Waals surface area contributed by atoms with Gasteiger partial charge in [-0.1, -0.05) is 30.3 Å². The van der Waals surface area contributed by atoms with E-state index in [0.717, 1.165) is 93.6 Å². The molecule has 64 heavy (non-hydrogen) atoms. The molecule has 16 heteroatoms. The van der Waals surface area contributed by atoms with Crippen LogP contribution in [0.2, 0.25) is 0 Å². The van der Waals surface area contributed by atoms with Gasteiger partial charge in [-0.05, 0) is 112 Å². The van der Waals surface area contributed by atoms with Crippen molar-refractivity contribution in [2.24, 2.45) is 0 Å². The molecule has 6 aromatic rings. The van der Waals surface area contributed by atoms with Crippen LogP contribution in [0.4, 0.5) is 17.3 Å². The van der Waals surface area contributed by atoms with Crippen molar-refractivity contribution in [1.29, 1.82) is 0 Å². The Balaban J connectivity index is 0.703. The number of likely N-dealkylation sites (tertiary alicyclic amines) is 1. The summed E-state index contributed by atoms with van der Waals surface area (Å²) in [6.45, 7) is 12.0. The van der Waals surface area contributed by atoms with Gasteiger partial charge in [0.25, 0.3) is 5.56 Å². The van der Waals surface area contributed by atoms with Crippen LogP contribution in [0, 0.1) is 0 Å². The Kier molecular flexibility index (Phi) is 10.2. The van der Waals surface area contributed by atoms with E-state index in [-0.39, 0.29) is 23.9 Å². The van der Waals surface area contributed by atoms with E-state index in [1.54, 1.807) is 21.6 Å². The third-order valence-electron chi connectivity index (χ3n) is 14.6. The van der Waals surface area contributed by atoms with Gasteiger partial charge in [-0.15, -0.1) is 6.58 Å². The highest BCUT2D eigenvalue weighted by molar-refractivity contribution is 6.02. The number of carbonyl (C=O) groups is 2. The first-order chi connectivity index (χ1) is 31.2. The minimum Gasteiger partial charge on any atom is -0.384 e. The number of anilines is 3. The summed E-state index contributed by atoms with van der Waals surface area (Å²) < 4.78 is 9.16. The van der Waals surface area contributed by atoms with Crippen molar-refractivity contribution in [2.75, 3.05) is 36.4 Å². The smallest absolute Gasteiger partial charge is 0.278 e. The lowest BCUT2D eigenvalue weighted by atomic mass is 9.92. The van der Waals surface area contributed by atoms with E-state index in [9.17, 15) is 19.5 Å². The molecule has 0 bridgehead atoms. The molecule has 2 atom stereocenters. The molecule has 5 aliphatic rings. The molecule has 3 saturated heterocycles. The summed E-state index contributed by atoms with van der Waals surface area (Å²) in [5, 5.41) is 22.7. The third-order valence-corrected chi connectivity index (χ3v) is 14.6. The average Bonchev–Trinajstić information content (AvgIpc) is 4.10. The molecule has 16 nitrogen and oxygen atoms in total. The molecule has 3 N–H and O–H groups in total. The van der Waals surface area contributed by atoms with Gasteiger partial charge in [-0.3, -0.25) is 24.6 Å². The molecule has 0 spiro atoms. The van der Waals surface area contributed by atoms with Crippen molar-refractivity contribution in [3.63, 3.8) is 0 Å². The van der Waals surface area contributed by atoms with Crippen LogP contribution < -0.4 is 21.1 Å². The number of fused-ring (bicyclic) bond motifs is 5. The van der Waals surface area contributed by atoms with Gasteiger partial charge in [0.2, 0.25) is 17.8 Å². The van der Waals surface area contributed by atoms with E-state index >= 15 is 0 Å². The Hall–Kier alpha value is -6.23. The number of piperidine rings is 3. The number of hydrogen-bond donors (Lipinski definition) is 3. The van der Waals surface area contributed by atoms with Crippen LogP contribution in [-0.4, -0.2) is 94.5 Å². The lowest BCUT2D eigenvalue weighted by Gasteiger charge is -2.43. The predicted octanol–water partition coefficient (Wildman–Crippen LogP) is 5.56. The largest absolute Gasteiger partial charge is 0.384 e. The molecule has 4 aliphatic heterocycles. The van der Waals surface area contributed by atoms with Crippen LogP contribution >= 0.6 is 0 Å². The molecule has 1 unspecified atom stereocenters. The maximum Gasteiger partial charge on any atom is 0.278 e. The molecule has 4 aromatic heterocycles. The number of rotatable bonds is 10. The first-order valence-corrected chi connectivity index (χ1v) is 22.8. The Morgan fingerprint density at radius 2 is 1.66 bits per heavy atom. The molecule has 3 fully saturated rings. The second-order valence-corrected chi connectivity index (χ2v) is 18.2. The van der Waals surface area contributed by atoms with Crippen molar-refractivity contribution in [2.45, 2.75) is 108 Å². The van der Waals surface area contributed by atoms with Gasteiger partial charge in [0.05, 0.1) is 18.2 Å². The Labute approximate surface area is 369 Å². The summed E-state index contributed by atoms with van der Waals surface area (Å²) in [7, 11) is 0. The Bertz CT molecular complexity index is 2870. The highest BCUT2D eigenvalue weighted by atomic mass is 16.5. The monoisotopic (exact) mass is 863 g/mol. The molecule has 0 radical (unpaired) electrons. The molecule has 8 heterocycles. The Morgan fingerprint density at radius 1 is 0.891 bits per heavy atom. The zero-order valence-electron chi connectivity index (χ0n) is 36.1. The maximum absolute atomic E-state index is 13.6. The summed E-state index contributed by atoms with van der Waals surface area (Å²) in [4.78, 5) is 59.9. The number of imide groups is 1. The Morgan fingerprint density at radius 3 is 2.42 bits per heavy atom. The highest BCUT2D eigenvalue weighted by Gasteiger charge is 2.38. The summed E-state index contributed by atoms with van der Waals surface area (Å²) >= 11 is 0. The number of nitrogens with one attached hydrogen (secondary N) is 2. The standard InChI is InChI=1S/C48H53N11O5/c1-3-21-58-46(62)37-26-49-47(53-44(37)59(58)39-13-6-29-15-20-48(63,4-2)43(29)51-39)50-31-7-9-32(10-8-31)55-22-16-33(17-23-55)56-24-18-34(19-25-56)57-27-30-5-11-35-41(54-64-42(35)38(30)28-57)36-12-14-40(60)52-45(36)61/h3,5-11,13,26,33-34,36,63H,1,4,12,14-25,27-28H2,2H3,(H,49,50,53)(H,52,60,61)/t36?,48-/m1/s1. The van der Waals surface area contributed by atoms with Crippen LogP contribution in [0.5, 0.6) is 0 Å². The van der Waals surface area contributed by atoms with E-state index < -0.39 is 11.5 Å². The number of hydrogen-bond acceptors (Lipinski definition) is 13. The number of aromatic nitrogens is 6. The van der Waals surface area contributed by atoms with Crippen molar-refractivity contribution >= 4 is 51.1 Å². The summed E-state index contributed by atoms with van der Waals surface area (Å²) in [6, 6.07) is 17.5. The van der Waals surface area contributed by atoms with E-state index in [0.29, 0.717) is 72.0 Å². The fourth-order valence-corrected chi connectivity index (χ4v) is 11.0. The topological polar surface area (TPSA) is 180 Å². The lowest BCUT2D eigenvalue weighted by molar-refractivity contribution is -0.134. The predicted molar refractivity (Wildman–Crippen MR) is 242 cm³/mol. The number of amides is 2. The highest BCUT2D eigenvalue weighted by Crippen LogP contribution is 2.40. The van der Waals surface area contributed by atoms with Gasteiger partial charge in [0.15, 0.2) is 17.0 Å². The molecular formula is C48H53N11O5. The first kappa shape index (κ1) is 40.5. The lowest BCUT2D eigenvalue weighted by Crippen LogP contribution is -2.50. The molecular weight excluding hydrogens is 811 g/mol. The second-order valence-electron chi connectivity index (χ2n) is 18.2. The first-order valence-electron chi connectivity index (χ1n) is 22.8. The average molecular weight is 864 g/mol. The third kappa shape index (κ3) is 6.98. The van der Waals surface area contributed by atoms with Gasteiger partial charge >= 0.3 is 0 Å². The SMILES string of the molecule is C=CCn1c(=O)c2cnc(Nc3ccc(N4CCC(N5CCC(N6Cc7ccc8c(C9CCC(=O)NC9=O)noc8c7C6)CC5)CC4)cc3)nc2n1-c1ccc2c(n1)[C@@](O)(CC)CC2. The second kappa shape index (κ2) is 16.1. The van der Waals surface area contributed by atoms with E-state index in [1.807, 2.05) is 37.3 Å². The van der Waals surface area contributed by atoms with E-state index in [1.165, 1.54) is 16.8 Å². The van der Waals surface area contributed by atoms with E-state index in [4.69, 9.17) is 14.5 Å². The molecule has 330 valence electrons. The zero-order chi connectivity index (χ0) is 43.7. The van der Waals surface area contributed by atoms with Crippen LogP contribution in [0.15, 0.2) is 76.7 Å². The van der Waals surface area contributed by atoms with Crippen LogP contribution in [0.3, 0.4) is 0 Å². The fraction of sp³-hybridized carbons (Fsp3) is 0.438. The number of carbonyl (C=O) groups excluding carboxylic acids is 2. The number of benzene rings is 2. The van der Waals surface area contributed by atoms with Crippen molar-refractivity contribution in [3.05, 3.63) is 106 Å². The molecule has 2 aromatic carbocycles. The number of pyridine rings is 1. The van der Waals surface area contributed by atoms with Crippen LogP contribution in [0.1, 0.15) is 92.3 Å². The van der Waals surface area contributed by atoms with Crippen molar-refractivity contribution < 1.29 is 19.2 Å². The maximum atomic E-state index is 13.6. The quantitative estimate of drug-likeness (QED) is 0.115. The van der Waals surface area contributed by atoms with Gasteiger partial charge < -0.3 is 24.7 Å². The number of allylic oxidation sites excluding steroid dienone is 1. The molecule has 11 rings (SSSR count). The molecule has 0 saturated carbocycles. The van der Waals surface area contributed by atoms with Crippen LogP contribution in [-0.2, 0) is 41.2 Å². The summed E-state index contributed by atoms with van der Waals surface area (Å²) in [5.41, 5.74) is 6.77. The normalized spacial score (nSPS) is 22.3. The minimum atomic E-state index is -0.992. The van der Waals surface area contributed by atoms with Crippen molar-refractivity contribution in [1.82, 2.24) is 44.6 Å². The minimum absolute atomic E-state index is 0.229. The van der Waals surface area contributed by atoms with Crippen molar-refractivity contribution in [3.8, 4) is 5.82 Å². The van der Waals surface area contributed by atoms with E-state index in [2.05, 4.69) is 60.3 Å². The number of aliphatic hydroxyl groups is 1. The molecule has 2 amide bonds. The van der Waals surface area contributed by atoms with Gasteiger partial charge in [0, 0.05) is 73.2 Å². The number of aryl methyl sites for hydroxylation is 1. The fourth-order valence-electron chi connectivity index (χ4n) is 11.0. The van der Waals surface area contributed by atoms with Gasteiger partial charge in [-0.25, -0.2) is 19.3 Å². The summed E-state index contributed by atoms with van der Waals surface area (Å²) in [6.07, 6.45) is 10.5.